The van der Waals surface area contributed by atoms with E-state index in [0.717, 1.165) is 16.9 Å². The smallest absolute Gasteiger partial charge is 0.350 e. The first kappa shape index (κ1) is 12.9. The van der Waals surface area contributed by atoms with Gasteiger partial charge in [-0.25, -0.2) is 4.79 Å². The molecule has 0 aliphatic carbocycles. The number of rotatable bonds is 3. The van der Waals surface area contributed by atoms with E-state index in [1.54, 1.807) is 31.2 Å². The zero-order valence-electron chi connectivity index (χ0n) is 9.53. The molecule has 1 aromatic heterocycles. The second-order valence-electron chi connectivity index (χ2n) is 3.45. The topological polar surface area (TPSA) is 59.2 Å². The maximum absolute atomic E-state index is 11.7. The Labute approximate surface area is 112 Å². The van der Waals surface area contributed by atoms with Gasteiger partial charge in [0.2, 0.25) is 0 Å². The van der Waals surface area contributed by atoms with Crippen molar-refractivity contribution in [3.05, 3.63) is 43.8 Å². The van der Waals surface area contributed by atoms with Crippen molar-refractivity contribution >= 4 is 28.9 Å². The molecule has 0 atom stereocenters. The van der Waals surface area contributed by atoms with Crippen molar-refractivity contribution in [3.8, 4) is 11.3 Å². The third-order valence-electron chi connectivity index (χ3n) is 2.24. The average molecular weight is 284 g/mol. The molecule has 0 aliphatic heterocycles. The van der Waals surface area contributed by atoms with Crippen LogP contribution in [0.15, 0.2) is 29.1 Å². The van der Waals surface area contributed by atoms with Crippen LogP contribution in [0.2, 0.25) is 5.02 Å². The van der Waals surface area contributed by atoms with E-state index in [4.69, 9.17) is 16.3 Å². The minimum Gasteiger partial charge on any atom is -0.462 e. The van der Waals surface area contributed by atoms with E-state index < -0.39 is 5.97 Å². The number of aromatic nitrogens is 1. The van der Waals surface area contributed by atoms with Gasteiger partial charge < -0.3 is 9.72 Å². The monoisotopic (exact) mass is 283 g/mol. The summed E-state index contributed by atoms with van der Waals surface area (Å²) in [7, 11) is 0. The number of ether oxygens (including phenoxy) is 1. The van der Waals surface area contributed by atoms with Crippen LogP contribution in [0, 0.1) is 0 Å². The number of thiazole rings is 1. The number of carbonyl (C=O) groups excluding carboxylic acids is 1. The highest BCUT2D eigenvalue weighted by Gasteiger charge is 2.18. The molecule has 2 aromatic rings. The normalized spacial score (nSPS) is 10.3. The van der Waals surface area contributed by atoms with Gasteiger partial charge in [0.25, 0.3) is 0 Å². The van der Waals surface area contributed by atoms with Gasteiger partial charge in [-0.3, -0.25) is 4.79 Å². The zero-order chi connectivity index (χ0) is 13.1. The second-order valence-corrected chi connectivity index (χ2v) is 4.87. The lowest BCUT2D eigenvalue weighted by atomic mass is 10.1. The molecule has 0 radical (unpaired) electrons. The Hall–Kier alpha value is -1.59. The number of esters is 1. The van der Waals surface area contributed by atoms with Gasteiger partial charge in [0.05, 0.1) is 12.3 Å². The van der Waals surface area contributed by atoms with Gasteiger partial charge in [-0.05, 0) is 24.6 Å². The molecule has 0 fully saturated rings. The van der Waals surface area contributed by atoms with E-state index in [1.807, 2.05) is 0 Å². The fourth-order valence-electron chi connectivity index (χ4n) is 1.49. The van der Waals surface area contributed by atoms with Crippen molar-refractivity contribution in [1.29, 1.82) is 0 Å². The molecular formula is C12H10ClNO3S. The predicted octanol–water partition coefficient (Wildman–Crippen LogP) is 2.93. The quantitative estimate of drug-likeness (QED) is 0.881. The molecule has 4 nitrogen and oxygen atoms in total. The number of carbonyl (C=O) groups is 1. The average Bonchev–Trinajstić information content (AvgIpc) is 2.73. The Morgan fingerprint density at radius 3 is 2.67 bits per heavy atom. The summed E-state index contributed by atoms with van der Waals surface area (Å²) in [6.07, 6.45) is 0. The van der Waals surface area contributed by atoms with Crippen molar-refractivity contribution in [1.82, 2.24) is 4.98 Å². The molecule has 0 bridgehead atoms. The summed E-state index contributed by atoms with van der Waals surface area (Å²) >= 11 is 6.64. The molecule has 1 aromatic carbocycles. The lowest BCUT2D eigenvalue weighted by molar-refractivity contribution is 0.0532. The summed E-state index contributed by atoms with van der Waals surface area (Å²) in [4.78, 5) is 25.7. The molecule has 0 unspecified atom stereocenters. The standard InChI is InChI=1S/C12H10ClNO3S/c1-2-17-11(15)10-9(14-12(16)18-10)7-3-5-8(13)6-4-7/h3-6H,2H2,1H3,(H,14,16). The zero-order valence-corrected chi connectivity index (χ0v) is 11.1. The molecule has 1 heterocycles. The molecule has 2 rings (SSSR count). The van der Waals surface area contributed by atoms with Gasteiger partial charge >= 0.3 is 10.8 Å². The van der Waals surface area contributed by atoms with Crippen LogP contribution in [-0.4, -0.2) is 17.6 Å². The molecule has 0 aliphatic rings. The maximum atomic E-state index is 11.7. The summed E-state index contributed by atoms with van der Waals surface area (Å²) in [5.41, 5.74) is 1.20. The highest BCUT2D eigenvalue weighted by Crippen LogP contribution is 2.25. The van der Waals surface area contributed by atoms with E-state index in [2.05, 4.69) is 4.98 Å². The third-order valence-corrected chi connectivity index (χ3v) is 3.36. The predicted molar refractivity (Wildman–Crippen MR) is 71.3 cm³/mol. The summed E-state index contributed by atoms with van der Waals surface area (Å²) in [5, 5.41) is 0.592. The van der Waals surface area contributed by atoms with Crippen LogP contribution in [0.1, 0.15) is 16.6 Å². The minimum absolute atomic E-state index is 0.269. The highest BCUT2D eigenvalue weighted by atomic mass is 35.5. The molecule has 0 amide bonds. The van der Waals surface area contributed by atoms with Crippen LogP contribution >= 0.6 is 22.9 Å². The van der Waals surface area contributed by atoms with E-state index in [1.165, 1.54) is 0 Å². The number of halogens is 1. The Morgan fingerprint density at radius 1 is 1.39 bits per heavy atom. The highest BCUT2D eigenvalue weighted by molar-refractivity contribution is 7.11. The number of aromatic amines is 1. The van der Waals surface area contributed by atoms with Gasteiger partial charge in [0.15, 0.2) is 0 Å². The Morgan fingerprint density at radius 2 is 2.06 bits per heavy atom. The number of hydrogen-bond donors (Lipinski definition) is 1. The first-order chi connectivity index (χ1) is 8.61. The Balaban J connectivity index is 2.47. The molecule has 0 saturated carbocycles. The number of nitrogens with one attached hydrogen (secondary N) is 1. The first-order valence-corrected chi connectivity index (χ1v) is 6.47. The largest absolute Gasteiger partial charge is 0.462 e. The van der Waals surface area contributed by atoms with Crippen molar-refractivity contribution in [2.24, 2.45) is 0 Å². The van der Waals surface area contributed by atoms with Gasteiger partial charge in [-0.2, -0.15) is 0 Å². The Bertz CT molecular complexity index is 615. The summed E-state index contributed by atoms with van der Waals surface area (Å²) in [6.45, 7) is 1.99. The molecule has 0 spiro atoms. The third kappa shape index (κ3) is 2.63. The van der Waals surface area contributed by atoms with Crippen molar-refractivity contribution in [2.45, 2.75) is 6.92 Å². The minimum atomic E-state index is -0.495. The first-order valence-electron chi connectivity index (χ1n) is 5.28. The van der Waals surface area contributed by atoms with Crippen LogP contribution in [0.3, 0.4) is 0 Å². The second kappa shape index (κ2) is 5.37. The number of hydrogen-bond acceptors (Lipinski definition) is 4. The van der Waals surface area contributed by atoms with Crippen LogP contribution in [0.25, 0.3) is 11.3 Å². The van der Waals surface area contributed by atoms with Crippen LogP contribution in [0.5, 0.6) is 0 Å². The number of H-pyrrole nitrogens is 1. The van der Waals surface area contributed by atoms with Crippen LogP contribution < -0.4 is 4.87 Å². The maximum Gasteiger partial charge on any atom is 0.350 e. The van der Waals surface area contributed by atoms with E-state index in [0.29, 0.717) is 10.7 Å². The number of benzene rings is 1. The fraction of sp³-hybridized carbons (Fsp3) is 0.167. The lowest BCUT2D eigenvalue weighted by Gasteiger charge is -2.03. The Kier molecular flexibility index (Phi) is 3.84. The van der Waals surface area contributed by atoms with Crippen molar-refractivity contribution in [2.75, 3.05) is 6.61 Å². The van der Waals surface area contributed by atoms with Gasteiger partial charge in [-0.1, -0.05) is 35.1 Å². The van der Waals surface area contributed by atoms with E-state index in [9.17, 15) is 9.59 Å². The van der Waals surface area contributed by atoms with Gasteiger partial charge in [0, 0.05) is 5.02 Å². The molecule has 1 N–H and O–H groups in total. The van der Waals surface area contributed by atoms with Gasteiger partial charge in [0.1, 0.15) is 4.88 Å². The van der Waals surface area contributed by atoms with Crippen LogP contribution in [0.4, 0.5) is 0 Å². The SMILES string of the molecule is CCOC(=O)c1sc(=O)[nH]c1-c1ccc(Cl)cc1. The lowest BCUT2D eigenvalue weighted by Crippen LogP contribution is -2.03. The summed E-state index contributed by atoms with van der Waals surface area (Å²) in [6, 6.07) is 6.87. The molecule has 0 saturated heterocycles. The van der Waals surface area contributed by atoms with Crippen molar-refractivity contribution < 1.29 is 9.53 Å². The van der Waals surface area contributed by atoms with Crippen molar-refractivity contribution in [3.63, 3.8) is 0 Å². The summed E-state index contributed by atoms with van der Waals surface area (Å²) in [5.74, 6) is -0.495. The molecular weight excluding hydrogens is 274 g/mol. The van der Waals surface area contributed by atoms with E-state index in [-0.39, 0.29) is 16.4 Å². The fourth-order valence-corrected chi connectivity index (χ4v) is 2.37. The molecule has 6 heteroatoms. The summed E-state index contributed by atoms with van der Waals surface area (Å²) < 4.78 is 4.91. The van der Waals surface area contributed by atoms with Crippen LogP contribution in [-0.2, 0) is 4.74 Å². The molecule has 94 valence electrons. The van der Waals surface area contributed by atoms with E-state index >= 15 is 0 Å². The van der Waals surface area contributed by atoms with Gasteiger partial charge in [-0.15, -0.1) is 0 Å². The molecule has 18 heavy (non-hydrogen) atoms.